The van der Waals surface area contributed by atoms with Crippen LogP contribution in [-0.4, -0.2) is 34.8 Å². The summed E-state index contributed by atoms with van der Waals surface area (Å²) in [7, 11) is -0.494. The quantitative estimate of drug-likeness (QED) is 0.516. The molecule has 3 aromatic carbocycles. The van der Waals surface area contributed by atoms with Gasteiger partial charge in [-0.1, -0.05) is 29.8 Å². The molecule has 7 nitrogen and oxygen atoms in total. The van der Waals surface area contributed by atoms with Crippen LogP contribution in [0.2, 0.25) is 5.02 Å². The molecule has 1 N–H and O–H groups in total. The zero-order valence-corrected chi connectivity index (χ0v) is 19.4. The van der Waals surface area contributed by atoms with Gasteiger partial charge in [0.25, 0.3) is 5.91 Å². The van der Waals surface area contributed by atoms with E-state index in [9.17, 15) is 13.2 Å². The molecule has 0 saturated heterocycles. The van der Waals surface area contributed by atoms with E-state index in [1.807, 2.05) is 0 Å². The summed E-state index contributed by atoms with van der Waals surface area (Å²) in [5.41, 5.74) is 2.07. The number of sulfonamides is 1. The van der Waals surface area contributed by atoms with Crippen LogP contribution < -0.4 is 19.1 Å². The number of carbonyl (C=O) groups is 1. The molecule has 0 heterocycles. The number of carbonyl (C=O) groups excluding carboxylic acids is 1. The lowest BCUT2D eigenvalue weighted by Crippen LogP contribution is -2.29. The van der Waals surface area contributed by atoms with Crippen molar-refractivity contribution in [2.24, 2.45) is 0 Å². The van der Waals surface area contributed by atoms with Gasteiger partial charge in [0.1, 0.15) is 11.5 Å². The molecule has 0 saturated carbocycles. The lowest BCUT2D eigenvalue weighted by Gasteiger charge is -2.22. The van der Waals surface area contributed by atoms with Crippen molar-refractivity contribution >= 4 is 38.9 Å². The standard InChI is InChI=1S/C23H23ClN2O5S/c1-30-20-11-12-22(31-2)21(14-20)25-23(27)17-9-7-16(8-10-17)15-26(32(3,28)29)19-6-4-5-18(24)13-19/h4-14H,15H2,1-3H3,(H,25,27). The van der Waals surface area contributed by atoms with E-state index >= 15 is 0 Å². The predicted octanol–water partition coefficient (Wildman–Crippen LogP) is 4.58. The second-order valence-electron chi connectivity index (χ2n) is 6.97. The average Bonchev–Trinajstić information content (AvgIpc) is 2.77. The van der Waals surface area contributed by atoms with Gasteiger partial charge in [0.2, 0.25) is 10.0 Å². The van der Waals surface area contributed by atoms with E-state index in [4.69, 9.17) is 21.1 Å². The first kappa shape index (κ1) is 23.4. The minimum Gasteiger partial charge on any atom is -0.497 e. The van der Waals surface area contributed by atoms with Crippen molar-refractivity contribution in [2.45, 2.75) is 6.54 Å². The zero-order chi connectivity index (χ0) is 23.3. The molecule has 168 valence electrons. The Morgan fingerprint density at radius 3 is 2.31 bits per heavy atom. The Bertz CT molecular complexity index is 1210. The van der Waals surface area contributed by atoms with Crippen LogP contribution in [0.4, 0.5) is 11.4 Å². The molecule has 0 bridgehead atoms. The molecular formula is C23H23ClN2O5S. The number of nitrogens with one attached hydrogen (secondary N) is 1. The van der Waals surface area contributed by atoms with Gasteiger partial charge in [-0.25, -0.2) is 8.42 Å². The molecule has 0 aromatic heterocycles. The van der Waals surface area contributed by atoms with Gasteiger partial charge in [-0.15, -0.1) is 0 Å². The molecule has 1 amide bonds. The van der Waals surface area contributed by atoms with Gasteiger partial charge in [0, 0.05) is 16.7 Å². The van der Waals surface area contributed by atoms with E-state index in [0.29, 0.717) is 39.0 Å². The van der Waals surface area contributed by atoms with Gasteiger partial charge < -0.3 is 14.8 Å². The Morgan fingerprint density at radius 2 is 1.72 bits per heavy atom. The summed E-state index contributed by atoms with van der Waals surface area (Å²) in [6, 6.07) is 18.4. The van der Waals surface area contributed by atoms with Crippen LogP contribution in [0.1, 0.15) is 15.9 Å². The lowest BCUT2D eigenvalue weighted by atomic mass is 10.1. The second-order valence-corrected chi connectivity index (χ2v) is 9.31. The molecule has 32 heavy (non-hydrogen) atoms. The molecule has 0 radical (unpaired) electrons. The minimum absolute atomic E-state index is 0.102. The second kappa shape index (κ2) is 9.93. The van der Waals surface area contributed by atoms with E-state index in [0.717, 1.165) is 6.26 Å². The van der Waals surface area contributed by atoms with Crippen molar-refractivity contribution in [1.82, 2.24) is 0 Å². The van der Waals surface area contributed by atoms with Crippen LogP contribution in [-0.2, 0) is 16.6 Å². The van der Waals surface area contributed by atoms with Gasteiger partial charge in [0.15, 0.2) is 0 Å². The predicted molar refractivity (Wildman–Crippen MR) is 126 cm³/mol. The third kappa shape index (κ3) is 5.72. The SMILES string of the molecule is COc1ccc(OC)c(NC(=O)c2ccc(CN(c3cccc(Cl)c3)S(C)(=O)=O)cc2)c1. The normalized spacial score (nSPS) is 11.0. The average molecular weight is 475 g/mol. The fraction of sp³-hybridized carbons (Fsp3) is 0.174. The van der Waals surface area contributed by atoms with Gasteiger partial charge in [-0.3, -0.25) is 9.10 Å². The maximum absolute atomic E-state index is 12.7. The first-order chi connectivity index (χ1) is 15.2. The molecule has 3 rings (SSSR count). The Balaban J connectivity index is 1.79. The largest absolute Gasteiger partial charge is 0.497 e. The topological polar surface area (TPSA) is 84.9 Å². The van der Waals surface area contributed by atoms with Crippen molar-refractivity contribution in [3.63, 3.8) is 0 Å². The van der Waals surface area contributed by atoms with Gasteiger partial charge >= 0.3 is 0 Å². The van der Waals surface area contributed by atoms with Crippen LogP contribution in [0, 0.1) is 0 Å². The highest BCUT2D eigenvalue weighted by atomic mass is 35.5. The highest BCUT2D eigenvalue weighted by Crippen LogP contribution is 2.29. The first-order valence-electron chi connectivity index (χ1n) is 9.57. The van der Waals surface area contributed by atoms with Crippen LogP contribution in [0.3, 0.4) is 0 Å². The Labute approximate surface area is 192 Å². The van der Waals surface area contributed by atoms with Crippen LogP contribution in [0.15, 0.2) is 66.7 Å². The van der Waals surface area contributed by atoms with E-state index in [2.05, 4.69) is 5.32 Å². The van der Waals surface area contributed by atoms with E-state index < -0.39 is 10.0 Å². The van der Waals surface area contributed by atoms with Crippen molar-refractivity contribution in [3.05, 3.63) is 82.9 Å². The van der Waals surface area contributed by atoms with Crippen LogP contribution in [0.5, 0.6) is 11.5 Å². The minimum atomic E-state index is -3.54. The first-order valence-corrected chi connectivity index (χ1v) is 11.8. The number of hydrogen-bond acceptors (Lipinski definition) is 5. The van der Waals surface area contributed by atoms with Crippen LogP contribution >= 0.6 is 11.6 Å². The highest BCUT2D eigenvalue weighted by Gasteiger charge is 2.19. The fourth-order valence-corrected chi connectivity index (χ4v) is 4.13. The van der Waals surface area contributed by atoms with Gasteiger partial charge in [0.05, 0.1) is 38.4 Å². The molecule has 9 heteroatoms. The zero-order valence-electron chi connectivity index (χ0n) is 17.8. The number of halogens is 1. The monoisotopic (exact) mass is 474 g/mol. The molecule has 0 unspecified atom stereocenters. The fourth-order valence-electron chi connectivity index (χ4n) is 3.06. The maximum atomic E-state index is 12.7. The number of amides is 1. The Kier molecular flexibility index (Phi) is 7.27. The number of methoxy groups -OCH3 is 2. The lowest BCUT2D eigenvalue weighted by molar-refractivity contribution is 0.102. The van der Waals surface area contributed by atoms with Gasteiger partial charge in [-0.2, -0.15) is 0 Å². The number of benzene rings is 3. The summed E-state index contributed by atoms with van der Waals surface area (Å²) in [5.74, 6) is 0.748. The summed E-state index contributed by atoms with van der Waals surface area (Å²) < 4.78 is 36.4. The number of hydrogen-bond donors (Lipinski definition) is 1. The smallest absolute Gasteiger partial charge is 0.255 e. The third-order valence-electron chi connectivity index (χ3n) is 4.69. The number of ether oxygens (including phenoxy) is 2. The summed E-state index contributed by atoms with van der Waals surface area (Å²) in [6.45, 7) is 0.102. The Hall–Kier alpha value is -3.23. The molecule has 0 aliphatic carbocycles. The summed E-state index contributed by atoms with van der Waals surface area (Å²) >= 11 is 6.02. The molecule has 0 aliphatic rings. The summed E-state index contributed by atoms with van der Waals surface area (Å²) in [4.78, 5) is 12.7. The number of anilines is 2. The molecule has 0 aliphatic heterocycles. The van der Waals surface area contributed by atoms with Crippen LogP contribution in [0.25, 0.3) is 0 Å². The molecule has 0 spiro atoms. The van der Waals surface area contributed by atoms with Crippen molar-refractivity contribution < 1.29 is 22.7 Å². The van der Waals surface area contributed by atoms with E-state index in [1.165, 1.54) is 18.5 Å². The van der Waals surface area contributed by atoms with Crippen molar-refractivity contribution in [3.8, 4) is 11.5 Å². The third-order valence-corrected chi connectivity index (χ3v) is 6.07. The summed E-state index contributed by atoms with van der Waals surface area (Å²) in [5, 5.41) is 3.25. The molecule has 3 aromatic rings. The number of nitrogens with zero attached hydrogens (tertiary/aromatic N) is 1. The summed E-state index contributed by atoms with van der Waals surface area (Å²) in [6.07, 6.45) is 1.14. The number of rotatable bonds is 8. The Morgan fingerprint density at radius 1 is 1.00 bits per heavy atom. The van der Waals surface area contributed by atoms with E-state index in [1.54, 1.807) is 66.7 Å². The molecule has 0 fully saturated rings. The highest BCUT2D eigenvalue weighted by molar-refractivity contribution is 7.92. The van der Waals surface area contributed by atoms with Crippen molar-refractivity contribution in [1.29, 1.82) is 0 Å². The molecular weight excluding hydrogens is 452 g/mol. The molecule has 0 atom stereocenters. The maximum Gasteiger partial charge on any atom is 0.255 e. The van der Waals surface area contributed by atoms with Gasteiger partial charge in [-0.05, 0) is 48.0 Å². The van der Waals surface area contributed by atoms with Crippen molar-refractivity contribution in [2.75, 3.05) is 30.1 Å². The van der Waals surface area contributed by atoms with E-state index in [-0.39, 0.29) is 12.5 Å².